The van der Waals surface area contributed by atoms with Crippen molar-refractivity contribution < 1.29 is 13.2 Å². The molecule has 0 radical (unpaired) electrons. The van der Waals surface area contributed by atoms with E-state index in [9.17, 15) is 13.2 Å². The maximum atomic E-state index is 12.9. The van der Waals surface area contributed by atoms with Gasteiger partial charge in [0.1, 0.15) is 5.82 Å². The Balaban J connectivity index is 2.02. The molecule has 1 N–H and O–H groups in total. The smallest absolute Gasteiger partial charge is 0.369 e. The standard InChI is InChI=1S/C14H18BrF3N2/c1-9-2-4-10(5-3-9)7-19-13-12(14(16,17)18)6-11(15)8-20-13/h6,8-10H,2-5,7H2,1H3,(H,19,20). The number of hydrogen-bond acceptors (Lipinski definition) is 2. The molecule has 2 nitrogen and oxygen atoms in total. The van der Waals surface area contributed by atoms with Crippen molar-refractivity contribution in [1.29, 1.82) is 0 Å². The van der Waals surface area contributed by atoms with Crippen LogP contribution in [0, 0.1) is 11.8 Å². The highest BCUT2D eigenvalue weighted by atomic mass is 79.9. The molecule has 0 bridgehead atoms. The van der Waals surface area contributed by atoms with Crippen LogP contribution in [0.25, 0.3) is 0 Å². The predicted octanol–water partition coefficient (Wildman–Crippen LogP) is 5.10. The second-order valence-electron chi connectivity index (χ2n) is 5.55. The van der Waals surface area contributed by atoms with Crippen LogP contribution in [0.1, 0.15) is 38.2 Å². The van der Waals surface area contributed by atoms with Crippen molar-refractivity contribution in [2.75, 3.05) is 11.9 Å². The summed E-state index contributed by atoms with van der Waals surface area (Å²) in [6.07, 6.45) is 1.47. The third-order valence-electron chi connectivity index (χ3n) is 3.85. The topological polar surface area (TPSA) is 24.9 Å². The highest BCUT2D eigenvalue weighted by Crippen LogP contribution is 2.36. The number of nitrogens with one attached hydrogen (secondary N) is 1. The highest BCUT2D eigenvalue weighted by molar-refractivity contribution is 9.10. The van der Waals surface area contributed by atoms with E-state index in [1.54, 1.807) is 0 Å². The maximum absolute atomic E-state index is 12.9. The van der Waals surface area contributed by atoms with Crippen LogP contribution in [0.2, 0.25) is 0 Å². The molecule has 1 heterocycles. The van der Waals surface area contributed by atoms with E-state index in [0.717, 1.165) is 37.7 Å². The predicted molar refractivity (Wildman–Crippen MR) is 76.6 cm³/mol. The molecule has 1 fully saturated rings. The van der Waals surface area contributed by atoms with Gasteiger partial charge in [0.25, 0.3) is 0 Å². The van der Waals surface area contributed by atoms with Crippen LogP contribution in [0.5, 0.6) is 0 Å². The van der Waals surface area contributed by atoms with Gasteiger partial charge in [0.05, 0.1) is 5.56 Å². The van der Waals surface area contributed by atoms with E-state index in [1.807, 2.05) is 0 Å². The first-order chi connectivity index (χ1) is 9.36. The second kappa shape index (κ2) is 6.33. The van der Waals surface area contributed by atoms with E-state index >= 15 is 0 Å². The fourth-order valence-electron chi connectivity index (χ4n) is 2.57. The minimum absolute atomic E-state index is 0.0701. The van der Waals surface area contributed by atoms with E-state index in [4.69, 9.17) is 0 Å². The first kappa shape index (κ1) is 15.6. The van der Waals surface area contributed by atoms with Crippen LogP contribution in [0.3, 0.4) is 0 Å². The van der Waals surface area contributed by atoms with Gasteiger partial charge >= 0.3 is 6.18 Å². The summed E-state index contributed by atoms with van der Waals surface area (Å²) >= 11 is 3.03. The lowest BCUT2D eigenvalue weighted by Crippen LogP contribution is -2.22. The molecule has 2 rings (SSSR count). The first-order valence-corrected chi connectivity index (χ1v) is 7.62. The van der Waals surface area contributed by atoms with Gasteiger partial charge in [-0.15, -0.1) is 0 Å². The van der Waals surface area contributed by atoms with Crippen LogP contribution < -0.4 is 5.32 Å². The number of nitrogens with zero attached hydrogens (tertiary/aromatic N) is 1. The molecule has 1 aromatic heterocycles. The van der Waals surface area contributed by atoms with Gasteiger partial charge in [0, 0.05) is 17.2 Å². The summed E-state index contributed by atoms with van der Waals surface area (Å²) in [7, 11) is 0. The van der Waals surface area contributed by atoms with Gasteiger partial charge in [-0.1, -0.05) is 19.8 Å². The minimum Gasteiger partial charge on any atom is -0.369 e. The van der Waals surface area contributed by atoms with Crippen molar-refractivity contribution in [3.05, 3.63) is 22.3 Å². The normalized spacial score (nSPS) is 23.6. The van der Waals surface area contributed by atoms with Crippen LogP contribution in [-0.4, -0.2) is 11.5 Å². The summed E-state index contributed by atoms with van der Waals surface area (Å²) in [5, 5.41) is 2.88. The lowest BCUT2D eigenvalue weighted by atomic mass is 9.83. The number of hydrogen-bond donors (Lipinski definition) is 1. The Labute approximate surface area is 125 Å². The number of alkyl halides is 3. The Morgan fingerprint density at radius 2 is 1.95 bits per heavy atom. The summed E-state index contributed by atoms with van der Waals surface area (Å²) in [6, 6.07) is 1.07. The van der Waals surface area contributed by atoms with E-state index in [0.29, 0.717) is 16.9 Å². The van der Waals surface area contributed by atoms with Crippen LogP contribution in [0.4, 0.5) is 19.0 Å². The van der Waals surface area contributed by atoms with Crippen molar-refractivity contribution in [2.24, 2.45) is 11.8 Å². The molecule has 1 aliphatic carbocycles. The molecule has 1 aromatic rings. The number of halogens is 4. The average Bonchev–Trinajstić information content (AvgIpc) is 2.38. The lowest BCUT2D eigenvalue weighted by molar-refractivity contribution is -0.137. The number of anilines is 1. The first-order valence-electron chi connectivity index (χ1n) is 6.83. The molecule has 0 saturated heterocycles. The Kier molecular flexibility index (Phi) is 4.94. The van der Waals surface area contributed by atoms with Gasteiger partial charge in [0.2, 0.25) is 0 Å². The van der Waals surface area contributed by atoms with Crippen molar-refractivity contribution in [3.8, 4) is 0 Å². The molecule has 0 atom stereocenters. The molecule has 0 spiro atoms. The fraction of sp³-hybridized carbons (Fsp3) is 0.643. The summed E-state index contributed by atoms with van der Waals surface area (Å²) in [6.45, 7) is 2.78. The van der Waals surface area contributed by atoms with Crippen LogP contribution in [-0.2, 0) is 6.18 Å². The van der Waals surface area contributed by atoms with Gasteiger partial charge < -0.3 is 5.32 Å². The molecule has 1 aliphatic rings. The summed E-state index contributed by atoms with van der Waals surface area (Å²) in [5.74, 6) is 1.11. The monoisotopic (exact) mass is 350 g/mol. The molecule has 6 heteroatoms. The molecule has 0 unspecified atom stereocenters. The maximum Gasteiger partial charge on any atom is 0.419 e. The largest absolute Gasteiger partial charge is 0.419 e. The molecule has 1 saturated carbocycles. The van der Waals surface area contributed by atoms with Gasteiger partial charge in [0.15, 0.2) is 0 Å². The van der Waals surface area contributed by atoms with Crippen molar-refractivity contribution in [2.45, 2.75) is 38.8 Å². The highest BCUT2D eigenvalue weighted by Gasteiger charge is 2.34. The zero-order valence-corrected chi connectivity index (χ0v) is 12.9. The van der Waals surface area contributed by atoms with E-state index in [-0.39, 0.29) is 5.82 Å². The summed E-state index contributed by atoms with van der Waals surface area (Å²) in [4.78, 5) is 3.87. The zero-order valence-electron chi connectivity index (χ0n) is 11.3. The lowest BCUT2D eigenvalue weighted by Gasteiger charge is -2.26. The second-order valence-corrected chi connectivity index (χ2v) is 6.47. The third-order valence-corrected chi connectivity index (χ3v) is 4.29. The Hall–Kier alpha value is -0.780. The quantitative estimate of drug-likeness (QED) is 0.819. The molecule has 20 heavy (non-hydrogen) atoms. The summed E-state index contributed by atoms with van der Waals surface area (Å²) in [5.41, 5.74) is -0.712. The summed E-state index contributed by atoms with van der Waals surface area (Å²) < 4.78 is 39.2. The third kappa shape index (κ3) is 4.11. The zero-order chi connectivity index (χ0) is 14.8. The van der Waals surface area contributed by atoms with E-state index in [2.05, 4.69) is 33.2 Å². The molecular weight excluding hydrogens is 333 g/mol. The number of pyridine rings is 1. The van der Waals surface area contributed by atoms with Gasteiger partial charge in [-0.25, -0.2) is 4.98 Å². The van der Waals surface area contributed by atoms with Crippen LogP contribution in [0.15, 0.2) is 16.7 Å². The Morgan fingerprint density at radius 3 is 2.55 bits per heavy atom. The average molecular weight is 351 g/mol. The van der Waals surface area contributed by atoms with Gasteiger partial charge in [-0.05, 0) is 46.7 Å². The van der Waals surface area contributed by atoms with Gasteiger partial charge in [-0.2, -0.15) is 13.2 Å². The Morgan fingerprint density at radius 1 is 1.30 bits per heavy atom. The minimum atomic E-state index is -4.39. The Bertz CT molecular complexity index is 454. The van der Waals surface area contributed by atoms with Crippen molar-refractivity contribution >= 4 is 21.7 Å². The van der Waals surface area contributed by atoms with Crippen LogP contribution >= 0.6 is 15.9 Å². The van der Waals surface area contributed by atoms with E-state index in [1.165, 1.54) is 6.20 Å². The van der Waals surface area contributed by atoms with Crippen molar-refractivity contribution in [1.82, 2.24) is 4.98 Å². The molecule has 0 aliphatic heterocycles. The molecule has 112 valence electrons. The number of aromatic nitrogens is 1. The van der Waals surface area contributed by atoms with Gasteiger partial charge in [-0.3, -0.25) is 0 Å². The molecule has 0 amide bonds. The molecular formula is C14H18BrF3N2. The number of rotatable bonds is 3. The van der Waals surface area contributed by atoms with E-state index < -0.39 is 11.7 Å². The fourth-order valence-corrected chi connectivity index (χ4v) is 2.90. The molecule has 0 aromatic carbocycles. The SMILES string of the molecule is CC1CCC(CNc2ncc(Br)cc2C(F)(F)F)CC1. The van der Waals surface area contributed by atoms with Crippen molar-refractivity contribution in [3.63, 3.8) is 0 Å².